The summed E-state index contributed by atoms with van der Waals surface area (Å²) in [6.07, 6.45) is 1.47. The van der Waals surface area contributed by atoms with Gasteiger partial charge in [-0.2, -0.15) is 0 Å². The van der Waals surface area contributed by atoms with Crippen molar-refractivity contribution in [1.82, 2.24) is 15.3 Å². The van der Waals surface area contributed by atoms with Gasteiger partial charge in [-0.3, -0.25) is 4.79 Å². The molecule has 0 radical (unpaired) electrons. The summed E-state index contributed by atoms with van der Waals surface area (Å²) in [5, 5.41) is 3.29. The minimum Gasteiger partial charge on any atom is -0.497 e. The summed E-state index contributed by atoms with van der Waals surface area (Å²) < 4.78 is 5.25. The molecule has 156 valence electrons. The second-order valence-corrected chi connectivity index (χ2v) is 7.04. The first kappa shape index (κ1) is 21.6. The van der Waals surface area contributed by atoms with Crippen LogP contribution in [0.4, 0.5) is 5.95 Å². The van der Waals surface area contributed by atoms with Crippen molar-refractivity contribution >= 4 is 23.5 Å². The van der Waals surface area contributed by atoms with Gasteiger partial charge in [0.25, 0.3) is 5.91 Å². The number of nitrogens with zero attached hydrogens (tertiary/aromatic N) is 3. The highest BCUT2D eigenvalue weighted by Gasteiger charge is 2.22. The zero-order valence-electron chi connectivity index (χ0n) is 17.3. The third-order valence-electron chi connectivity index (χ3n) is 4.85. The molecular weight excluding hydrogens is 400 g/mol. The third kappa shape index (κ3) is 4.89. The molecule has 3 aromatic rings. The van der Waals surface area contributed by atoms with Crippen LogP contribution >= 0.6 is 11.6 Å². The van der Waals surface area contributed by atoms with Crippen LogP contribution in [0.1, 0.15) is 41.5 Å². The molecule has 1 atom stereocenters. The van der Waals surface area contributed by atoms with Gasteiger partial charge < -0.3 is 15.0 Å². The number of hydrogen-bond acceptors (Lipinski definition) is 5. The molecule has 30 heavy (non-hydrogen) atoms. The minimum absolute atomic E-state index is 0.156. The molecule has 0 saturated carbocycles. The molecule has 6 nitrogen and oxygen atoms in total. The van der Waals surface area contributed by atoms with Gasteiger partial charge in [0.2, 0.25) is 5.95 Å². The van der Waals surface area contributed by atoms with Crippen LogP contribution in [0, 0.1) is 0 Å². The molecule has 1 amide bonds. The average molecular weight is 425 g/mol. The summed E-state index contributed by atoms with van der Waals surface area (Å²) in [5.74, 6) is 0.871. The maximum atomic E-state index is 13.2. The van der Waals surface area contributed by atoms with E-state index in [0.29, 0.717) is 5.95 Å². The Kier molecular flexibility index (Phi) is 7.25. The van der Waals surface area contributed by atoms with Crippen molar-refractivity contribution in [1.29, 1.82) is 0 Å². The van der Waals surface area contributed by atoms with E-state index in [1.165, 1.54) is 6.20 Å². The Morgan fingerprint density at radius 3 is 2.30 bits per heavy atom. The standard InChI is InChI=1S/C23H25ClN4O2/c1-4-28(5-2)23-25-15-19(24)21(27-23)22(29)26-20(16-9-7-6-8-10-16)17-11-13-18(30-3)14-12-17/h6-15,20H,4-5H2,1-3H3,(H,26,29). The van der Waals surface area contributed by atoms with E-state index in [4.69, 9.17) is 16.3 Å². The van der Waals surface area contributed by atoms with Gasteiger partial charge in [-0.1, -0.05) is 54.1 Å². The summed E-state index contributed by atoms with van der Waals surface area (Å²) in [6.45, 7) is 5.49. The summed E-state index contributed by atoms with van der Waals surface area (Å²) in [4.78, 5) is 23.8. The van der Waals surface area contributed by atoms with Gasteiger partial charge in [-0.25, -0.2) is 9.97 Å². The van der Waals surface area contributed by atoms with E-state index in [-0.39, 0.29) is 22.7 Å². The maximum absolute atomic E-state index is 13.2. The van der Waals surface area contributed by atoms with Crippen LogP contribution in [0.25, 0.3) is 0 Å². The fraction of sp³-hybridized carbons (Fsp3) is 0.261. The van der Waals surface area contributed by atoms with Crippen molar-refractivity contribution in [3.05, 3.63) is 82.6 Å². The molecule has 1 heterocycles. The number of anilines is 1. The van der Waals surface area contributed by atoms with E-state index in [9.17, 15) is 4.79 Å². The van der Waals surface area contributed by atoms with Crippen molar-refractivity contribution < 1.29 is 9.53 Å². The Balaban J connectivity index is 1.94. The Morgan fingerprint density at radius 1 is 1.07 bits per heavy atom. The zero-order valence-corrected chi connectivity index (χ0v) is 18.1. The first-order chi connectivity index (χ1) is 14.6. The largest absolute Gasteiger partial charge is 0.497 e. The van der Waals surface area contributed by atoms with Crippen molar-refractivity contribution in [3.8, 4) is 5.75 Å². The highest BCUT2D eigenvalue weighted by atomic mass is 35.5. The Morgan fingerprint density at radius 2 is 1.70 bits per heavy atom. The fourth-order valence-corrected chi connectivity index (χ4v) is 3.35. The van der Waals surface area contributed by atoms with Crippen LogP contribution in [0.3, 0.4) is 0 Å². The number of methoxy groups -OCH3 is 1. The highest BCUT2D eigenvalue weighted by molar-refractivity contribution is 6.33. The number of carbonyl (C=O) groups excluding carboxylic acids is 1. The summed E-state index contributed by atoms with van der Waals surface area (Å²) in [6, 6.07) is 17.0. The molecule has 3 rings (SSSR count). The molecule has 0 aliphatic carbocycles. The van der Waals surface area contributed by atoms with Gasteiger partial charge in [0.1, 0.15) is 5.75 Å². The number of benzene rings is 2. The molecule has 0 spiro atoms. The summed E-state index contributed by atoms with van der Waals surface area (Å²) in [7, 11) is 1.62. The minimum atomic E-state index is -0.368. The lowest BCUT2D eigenvalue weighted by molar-refractivity contribution is 0.0938. The van der Waals surface area contributed by atoms with E-state index in [0.717, 1.165) is 30.0 Å². The molecule has 0 bridgehead atoms. The van der Waals surface area contributed by atoms with Crippen molar-refractivity contribution in [2.45, 2.75) is 19.9 Å². The molecule has 7 heteroatoms. The first-order valence-electron chi connectivity index (χ1n) is 9.84. The first-order valence-corrected chi connectivity index (χ1v) is 10.2. The molecular formula is C23H25ClN4O2. The van der Waals surface area contributed by atoms with E-state index >= 15 is 0 Å². The fourth-order valence-electron chi connectivity index (χ4n) is 3.18. The second kappa shape index (κ2) is 10.1. The maximum Gasteiger partial charge on any atom is 0.272 e. The lowest BCUT2D eigenvalue weighted by Crippen LogP contribution is -2.31. The second-order valence-electron chi connectivity index (χ2n) is 6.63. The lowest BCUT2D eigenvalue weighted by Gasteiger charge is -2.22. The van der Waals surface area contributed by atoms with Gasteiger partial charge in [0, 0.05) is 13.1 Å². The van der Waals surface area contributed by atoms with Crippen molar-refractivity contribution in [2.75, 3.05) is 25.1 Å². The zero-order chi connectivity index (χ0) is 21.5. The predicted octanol–water partition coefficient (Wildman–Crippen LogP) is 4.50. The number of amides is 1. The van der Waals surface area contributed by atoms with Gasteiger partial charge in [-0.15, -0.1) is 0 Å². The Hall–Kier alpha value is -3.12. The smallest absolute Gasteiger partial charge is 0.272 e. The third-order valence-corrected chi connectivity index (χ3v) is 5.13. The normalized spacial score (nSPS) is 11.6. The number of ether oxygens (including phenoxy) is 1. The van der Waals surface area contributed by atoms with Crippen LogP contribution < -0.4 is 15.0 Å². The van der Waals surface area contributed by atoms with Gasteiger partial charge in [0.15, 0.2) is 5.69 Å². The average Bonchev–Trinajstić information content (AvgIpc) is 2.80. The summed E-state index contributed by atoms with van der Waals surface area (Å²) in [5.41, 5.74) is 2.03. The molecule has 0 fully saturated rings. The molecule has 1 aromatic heterocycles. The predicted molar refractivity (Wildman–Crippen MR) is 119 cm³/mol. The molecule has 1 unspecified atom stereocenters. The monoisotopic (exact) mass is 424 g/mol. The number of rotatable bonds is 8. The Labute approximate surface area is 181 Å². The number of nitrogens with one attached hydrogen (secondary N) is 1. The van der Waals surface area contributed by atoms with Gasteiger partial charge in [0.05, 0.1) is 24.4 Å². The van der Waals surface area contributed by atoms with Gasteiger partial charge >= 0.3 is 0 Å². The van der Waals surface area contributed by atoms with E-state index in [2.05, 4.69) is 15.3 Å². The number of halogens is 1. The molecule has 0 aliphatic rings. The summed E-state index contributed by atoms with van der Waals surface area (Å²) >= 11 is 6.28. The molecule has 0 saturated heterocycles. The van der Waals surface area contributed by atoms with Crippen LogP contribution in [0.2, 0.25) is 5.02 Å². The number of aromatic nitrogens is 2. The number of carbonyl (C=O) groups is 1. The lowest BCUT2D eigenvalue weighted by atomic mass is 9.98. The highest BCUT2D eigenvalue weighted by Crippen LogP contribution is 2.25. The van der Waals surface area contributed by atoms with Crippen molar-refractivity contribution in [2.24, 2.45) is 0 Å². The van der Waals surface area contributed by atoms with Crippen LogP contribution in [0.15, 0.2) is 60.8 Å². The van der Waals surface area contributed by atoms with E-state index in [1.54, 1.807) is 7.11 Å². The number of hydrogen-bond donors (Lipinski definition) is 1. The quantitative estimate of drug-likeness (QED) is 0.576. The van der Waals surface area contributed by atoms with Crippen LogP contribution in [-0.2, 0) is 0 Å². The van der Waals surface area contributed by atoms with E-state index < -0.39 is 0 Å². The topological polar surface area (TPSA) is 67.4 Å². The molecule has 1 N–H and O–H groups in total. The SMILES string of the molecule is CCN(CC)c1ncc(Cl)c(C(=O)NC(c2ccccc2)c2ccc(OC)cc2)n1. The molecule has 2 aromatic carbocycles. The molecule has 0 aliphatic heterocycles. The van der Waals surface area contributed by atoms with Crippen LogP contribution in [-0.4, -0.2) is 36.1 Å². The van der Waals surface area contributed by atoms with Crippen molar-refractivity contribution in [3.63, 3.8) is 0 Å². The van der Waals surface area contributed by atoms with Crippen LogP contribution in [0.5, 0.6) is 5.75 Å². The van der Waals surface area contributed by atoms with E-state index in [1.807, 2.05) is 73.3 Å². The van der Waals surface area contributed by atoms with Gasteiger partial charge in [-0.05, 0) is 37.1 Å². The Bertz CT molecular complexity index is 976.